The fourth-order valence-corrected chi connectivity index (χ4v) is 4.03. The molecule has 0 spiro atoms. The summed E-state index contributed by atoms with van der Waals surface area (Å²) in [5, 5.41) is 4.67. The lowest BCUT2D eigenvalue weighted by molar-refractivity contribution is -0.152. The molecular formula is C30H43N4O5S+. The molecular weight excluding hydrogens is 528 g/mol. The molecule has 0 aliphatic rings. The van der Waals surface area contributed by atoms with E-state index >= 15 is 0 Å². The molecule has 3 rings (SSSR count). The Morgan fingerprint density at radius 2 is 1.65 bits per heavy atom. The van der Waals surface area contributed by atoms with Gasteiger partial charge in [0.05, 0.1) is 37.7 Å². The lowest BCUT2D eigenvalue weighted by atomic mass is 9.95. The third kappa shape index (κ3) is 8.44. The molecule has 2 heterocycles. The molecule has 0 atom stereocenters. The molecule has 40 heavy (non-hydrogen) atoms. The molecule has 0 fully saturated rings. The first-order chi connectivity index (χ1) is 18.8. The molecule has 0 bridgehead atoms. The zero-order valence-corrected chi connectivity index (χ0v) is 26.0. The summed E-state index contributed by atoms with van der Waals surface area (Å²) in [4.78, 5) is 20.9. The van der Waals surface area contributed by atoms with Crippen molar-refractivity contribution in [3.05, 3.63) is 42.6 Å². The number of carbonyl (C=O) groups is 1. The normalized spacial score (nSPS) is 12.2. The molecule has 0 saturated carbocycles. The second kappa shape index (κ2) is 13.5. The van der Waals surface area contributed by atoms with E-state index in [1.54, 1.807) is 30.8 Å². The van der Waals surface area contributed by atoms with Crippen LogP contribution >= 0.6 is 0 Å². The second-order valence-electron chi connectivity index (χ2n) is 11.4. The number of benzene rings is 1. The van der Waals surface area contributed by atoms with Crippen LogP contribution in [0.5, 0.6) is 11.9 Å². The van der Waals surface area contributed by atoms with E-state index < -0.39 is 5.41 Å². The predicted octanol–water partition coefficient (Wildman–Crippen LogP) is 5.39. The number of nitrogens with zero attached hydrogens (tertiary/aromatic N) is 4. The van der Waals surface area contributed by atoms with E-state index in [1.807, 2.05) is 44.2 Å². The summed E-state index contributed by atoms with van der Waals surface area (Å²) in [6.45, 7) is 13.1. The summed E-state index contributed by atoms with van der Waals surface area (Å²) in [6.07, 6.45) is 7.21. The average molecular weight is 572 g/mol. The number of esters is 1. The van der Waals surface area contributed by atoms with Gasteiger partial charge in [-0.25, -0.2) is 4.98 Å². The highest BCUT2D eigenvalue weighted by atomic mass is 32.2. The molecule has 0 aliphatic carbocycles. The number of methoxy groups -OCH3 is 1. The molecule has 3 aromatic rings. The van der Waals surface area contributed by atoms with Crippen molar-refractivity contribution in [1.82, 2.24) is 19.7 Å². The van der Waals surface area contributed by atoms with Gasteiger partial charge in [0.25, 0.3) is 0 Å². The summed E-state index contributed by atoms with van der Waals surface area (Å²) in [7, 11) is 1.67. The van der Waals surface area contributed by atoms with Crippen LogP contribution in [0.3, 0.4) is 0 Å². The van der Waals surface area contributed by atoms with Crippen LogP contribution in [0.4, 0.5) is 0 Å². The Kier molecular flexibility index (Phi) is 10.6. The highest BCUT2D eigenvalue weighted by Gasteiger charge is 2.31. The second-order valence-corrected chi connectivity index (χ2v) is 14.1. The summed E-state index contributed by atoms with van der Waals surface area (Å²) in [5.74, 6) is 0.690. The highest BCUT2D eigenvalue weighted by molar-refractivity contribution is 7.96. The van der Waals surface area contributed by atoms with Crippen molar-refractivity contribution >= 4 is 16.9 Å². The van der Waals surface area contributed by atoms with Gasteiger partial charge in [-0.1, -0.05) is 24.3 Å². The summed E-state index contributed by atoms with van der Waals surface area (Å²) < 4.78 is 24.3. The van der Waals surface area contributed by atoms with E-state index in [0.29, 0.717) is 35.2 Å². The van der Waals surface area contributed by atoms with Crippen molar-refractivity contribution in [2.75, 3.05) is 32.8 Å². The van der Waals surface area contributed by atoms with Gasteiger partial charge in [0.1, 0.15) is 18.1 Å². The molecule has 0 radical (unpaired) electrons. The van der Waals surface area contributed by atoms with E-state index in [1.165, 1.54) is 7.11 Å². The highest BCUT2D eigenvalue weighted by Crippen LogP contribution is 2.26. The topological polar surface area (TPSA) is 97.6 Å². The molecule has 218 valence electrons. The third-order valence-corrected chi connectivity index (χ3v) is 9.09. The van der Waals surface area contributed by atoms with Crippen LogP contribution in [0.2, 0.25) is 0 Å². The Balaban J connectivity index is 1.67. The molecule has 9 nitrogen and oxygen atoms in total. The quantitative estimate of drug-likeness (QED) is 0.144. The van der Waals surface area contributed by atoms with Crippen molar-refractivity contribution < 1.29 is 23.7 Å². The molecule has 0 aliphatic heterocycles. The van der Waals surface area contributed by atoms with Gasteiger partial charge >= 0.3 is 12.0 Å². The Bertz CT molecular complexity index is 1240. The van der Waals surface area contributed by atoms with Crippen LogP contribution in [0.1, 0.15) is 48.0 Å². The fourth-order valence-electron chi connectivity index (χ4n) is 3.54. The zero-order valence-electron chi connectivity index (χ0n) is 25.2. The summed E-state index contributed by atoms with van der Waals surface area (Å²) in [6, 6.07) is 12.1. The number of hydrogen-bond donors (Lipinski definition) is 0. The minimum atomic E-state index is -0.761. The van der Waals surface area contributed by atoms with E-state index in [0.717, 1.165) is 23.1 Å². The number of ether oxygens (including phenoxy) is 4. The monoisotopic (exact) mass is 571 g/mol. The number of carbonyl (C=O) groups excluding carboxylic acids is 1. The van der Waals surface area contributed by atoms with E-state index in [2.05, 4.69) is 41.4 Å². The van der Waals surface area contributed by atoms with Crippen LogP contribution < -0.4 is 9.47 Å². The Hall–Kier alpha value is -3.11. The minimum Gasteiger partial charge on any atom is -0.476 e. The van der Waals surface area contributed by atoms with Crippen molar-refractivity contribution in [3.63, 3.8) is 0 Å². The Labute approximate surface area is 241 Å². The maximum atomic E-state index is 11.9. The predicted molar refractivity (Wildman–Crippen MR) is 160 cm³/mol. The first-order valence-corrected chi connectivity index (χ1v) is 15.4. The minimum absolute atomic E-state index is 0.0368. The van der Waals surface area contributed by atoms with Crippen molar-refractivity contribution in [1.29, 1.82) is 0 Å². The number of pyridine rings is 1. The van der Waals surface area contributed by atoms with Gasteiger partial charge in [-0.3, -0.25) is 4.79 Å². The zero-order chi connectivity index (χ0) is 29.5. The lowest BCUT2D eigenvalue weighted by Gasteiger charge is -2.21. The van der Waals surface area contributed by atoms with Gasteiger partial charge in [-0.15, -0.1) is 5.10 Å². The molecule has 1 aromatic carbocycles. The maximum absolute atomic E-state index is 11.9. The van der Waals surface area contributed by atoms with E-state index in [-0.39, 0.29) is 30.2 Å². The number of aromatic nitrogens is 4. The summed E-state index contributed by atoms with van der Waals surface area (Å²) >= 11 is 0. The van der Waals surface area contributed by atoms with Crippen LogP contribution in [-0.2, 0) is 31.9 Å². The van der Waals surface area contributed by atoms with Crippen LogP contribution in [0.25, 0.3) is 22.5 Å². The van der Waals surface area contributed by atoms with E-state index in [9.17, 15) is 4.79 Å². The third-order valence-electron chi connectivity index (χ3n) is 6.68. The first kappa shape index (κ1) is 31.4. The van der Waals surface area contributed by atoms with Gasteiger partial charge in [0, 0.05) is 29.8 Å². The molecule has 10 heteroatoms. The van der Waals surface area contributed by atoms with Gasteiger partial charge in [0.15, 0.2) is 5.82 Å². The van der Waals surface area contributed by atoms with E-state index in [4.69, 9.17) is 18.9 Å². The summed E-state index contributed by atoms with van der Waals surface area (Å²) in [5.41, 5.74) is 2.04. The van der Waals surface area contributed by atoms with Crippen molar-refractivity contribution in [3.8, 4) is 34.4 Å². The molecule has 0 unspecified atom stereocenters. The molecule has 0 saturated heterocycles. The largest absolute Gasteiger partial charge is 0.476 e. The smallest absolute Gasteiger partial charge is 0.317 e. The number of hydrogen-bond acceptors (Lipinski definition) is 8. The Morgan fingerprint density at radius 1 is 1.00 bits per heavy atom. The standard InChI is InChI=1S/C30H43N4O5S/c1-21(2)39-28-32-26(33-34(28)20-37-17-16-30(5,6)40(8)9)23-12-10-22(11-13-23)24-14-15-25(31-18-24)38-19-29(3,4)27(35)36-7/h10-15,18,21H,16-17,19-20H2,1-9H3/q+1. The molecule has 2 aromatic heterocycles. The number of rotatable bonds is 14. The SMILES string of the molecule is COC(=O)C(C)(C)COc1ccc(-c2ccc(-c3nc(OC(C)C)n(COCCC(C)(C)[S+](C)C)n3)cc2)cn1. The molecule has 0 amide bonds. The van der Waals surface area contributed by atoms with Gasteiger partial charge < -0.3 is 18.9 Å². The van der Waals surface area contributed by atoms with Crippen molar-refractivity contribution in [2.24, 2.45) is 5.41 Å². The average Bonchev–Trinajstić information content (AvgIpc) is 3.31. The van der Waals surface area contributed by atoms with Crippen molar-refractivity contribution in [2.45, 2.75) is 65.5 Å². The van der Waals surface area contributed by atoms with Gasteiger partial charge in [0.2, 0.25) is 5.88 Å². The fraction of sp³-hybridized carbons (Fsp3) is 0.533. The van der Waals surface area contributed by atoms with Crippen LogP contribution in [0, 0.1) is 5.41 Å². The first-order valence-electron chi connectivity index (χ1n) is 13.4. The van der Waals surface area contributed by atoms with Crippen LogP contribution in [0.15, 0.2) is 42.6 Å². The van der Waals surface area contributed by atoms with Crippen LogP contribution in [-0.4, -0.2) is 69.4 Å². The maximum Gasteiger partial charge on any atom is 0.317 e. The Morgan fingerprint density at radius 3 is 2.23 bits per heavy atom. The lowest BCUT2D eigenvalue weighted by Crippen LogP contribution is -2.32. The van der Waals surface area contributed by atoms with Gasteiger partial charge in [-0.2, -0.15) is 9.67 Å². The van der Waals surface area contributed by atoms with Gasteiger partial charge in [-0.05, 0) is 64.1 Å². The molecule has 0 N–H and O–H groups in total.